The van der Waals surface area contributed by atoms with Crippen LogP contribution in [0.25, 0.3) is 0 Å². The molecule has 2 fully saturated rings. The van der Waals surface area contributed by atoms with Crippen LogP contribution in [0.1, 0.15) is 42.5 Å². The molecule has 3 amide bonds. The van der Waals surface area contributed by atoms with Gasteiger partial charge in [-0.1, -0.05) is 0 Å². The second kappa shape index (κ2) is 8.31. The van der Waals surface area contributed by atoms with Crippen molar-refractivity contribution in [1.82, 2.24) is 10.3 Å². The second-order valence-corrected chi connectivity index (χ2v) is 6.19. The first kappa shape index (κ1) is 19.2. The van der Waals surface area contributed by atoms with Crippen LogP contribution in [0.4, 0.5) is 5.69 Å². The molecule has 8 heteroatoms. The number of rotatable bonds is 3. The summed E-state index contributed by atoms with van der Waals surface area (Å²) in [5, 5.41) is 1.24. The monoisotopic (exact) mass is 366 g/mol. The predicted octanol–water partition coefficient (Wildman–Crippen LogP) is 1.22. The zero-order chi connectivity index (χ0) is 17.1. The summed E-state index contributed by atoms with van der Waals surface area (Å²) in [5.74, 6) is -0.382. The van der Waals surface area contributed by atoms with Crippen molar-refractivity contribution in [3.63, 3.8) is 0 Å². The van der Waals surface area contributed by atoms with Crippen molar-refractivity contribution >= 4 is 35.8 Å². The molecule has 0 bridgehead atoms. The Morgan fingerprint density at radius 2 is 1.88 bits per heavy atom. The molecule has 0 radical (unpaired) electrons. The number of anilines is 1. The van der Waals surface area contributed by atoms with Gasteiger partial charge in [-0.25, -0.2) is 5.01 Å². The van der Waals surface area contributed by atoms with Gasteiger partial charge in [0.15, 0.2) is 0 Å². The minimum Gasteiger partial charge on any atom is -0.334 e. The molecule has 2 saturated heterocycles. The Balaban J connectivity index is 0.00000225. The molecular weight excluding hydrogens is 344 g/mol. The zero-order valence-electron chi connectivity index (χ0n) is 13.9. The lowest BCUT2D eigenvalue weighted by molar-refractivity contribution is -0.130. The molecule has 7 nitrogen and oxygen atoms in total. The molecule has 136 valence electrons. The molecule has 2 aliphatic rings. The van der Waals surface area contributed by atoms with Crippen LogP contribution in [0.2, 0.25) is 0 Å². The van der Waals surface area contributed by atoms with Crippen molar-refractivity contribution in [2.24, 2.45) is 5.73 Å². The van der Waals surface area contributed by atoms with Crippen molar-refractivity contribution in [3.05, 3.63) is 29.8 Å². The van der Waals surface area contributed by atoms with Gasteiger partial charge in [0.1, 0.15) is 0 Å². The van der Waals surface area contributed by atoms with Gasteiger partial charge in [-0.15, -0.1) is 12.4 Å². The lowest BCUT2D eigenvalue weighted by atomic mass is 10.0. The first-order valence-corrected chi connectivity index (χ1v) is 8.33. The van der Waals surface area contributed by atoms with Crippen LogP contribution in [0.5, 0.6) is 0 Å². The minimum absolute atomic E-state index is 0. The Hall–Kier alpha value is -2.12. The van der Waals surface area contributed by atoms with E-state index in [-0.39, 0.29) is 49.0 Å². The lowest BCUT2D eigenvalue weighted by Gasteiger charge is -2.35. The van der Waals surface area contributed by atoms with Gasteiger partial charge in [0, 0.05) is 37.5 Å². The van der Waals surface area contributed by atoms with Gasteiger partial charge in [-0.05, 0) is 43.5 Å². The topological polar surface area (TPSA) is 95.7 Å². The first-order chi connectivity index (χ1) is 11.6. The number of nitrogens with zero attached hydrogens (tertiary/aromatic N) is 2. The summed E-state index contributed by atoms with van der Waals surface area (Å²) >= 11 is 0. The van der Waals surface area contributed by atoms with E-state index in [0.717, 1.165) is 25.8 Å². The molecule has 0 saturated carbocycles. The van der Waals surface area contributed by atoms with E-state index >= 15 is 0 Å². The van der Waals surface area contributed by atoms with Crippen LogP contribution in [0.15, 0.2) is 24.3 Å². The number of nitrogens with one attached hydrogen (secondary N) is 1. The summed E-state index contributed by atoms with van der Waals surface area (Å²) < 4.78 is 0. The van der Waals surface area contributed by atoms with Crippen LogP contribution >= 0.6 is 12.4 Å². The maximum atomic E-state index is 12.7. The highest BCUT2D eigenvalue weighted by Gasteiger charge is 2.27. The molecule has 1 unspecified atom stereocenters. The number of amides is 3. The molecule has 2 aliphatic heterocycles. The van der Waals surface area contributed by atoms with Crippen LogP contribution in [-0.4, -0.2) is 41.8 Å². The third-order valence-electron chi connectivity index (χ3n) is 4.58. The minimum atomic E-state index is -0.186. The maximum absolute atomic E-state index is 12.7. The highest BCUT2D eigenvalue weighted by Crippen LogP contribution is 2.22. The Morgan fingerprint density at radius 3 is 2.56 bits per heavy atom. The quantitative estimate of drug-likeness (QED) is 0.840. The number of hydrogen-bond donors (Lipinski definition) is 2. The molecule has 1 atom stereocenters. The fourth-order valence-corrected chi connectivity index (χ4v) is 3.22. The van der Waals surface area contributed by atoms with Crippen molar-refractivity contribution in [2.75, 3.05) is 18.1 Å². The third-order valence-corrected chi connectivity index (χ3v) is 4.58. The molecule has 0 aliphatic carbocycles. The highest BCUT2D eigenvalue weighted by atomic mass is 35.5. The normalized spacial score (nSPS) is 20.8. The molecule has 3 N–H and O–H groups in total. The number of likely N-dealkylation sites (tertiary alicyclic amines) is 1. The van der Waals surface area contributed by atoms with E-state index in [0.29, 0.717) is 17.8 Å². The summed E-state index contributed by atoms with van der Waals surface area (Å²) in [6.45, 7) is 1.20. The van der Waals surface area contributed by atoms with Crippen molar-refractivity contribution in [3.8, 4) is 0 Å². The van der Waals surface area contributed by atoms with Gasteiger partial charge < -0.3 is 10.6 Å². The van der Waals surface area contributed by atoms with Crippen LogP contribution in [0, 0.1) is 0 Å². The lowest BCUT2D eigenvalue weighted by Crippen LogP contribution is -2.50. The first-order valence-electron chi connectivity index (χ1n) is 8.33. The summed E-state index contributed by atoms with van der Waals surface area (Å²) in [6, 6.07) is 6.83. The zero-order valence-corrected chi connectivity index (χ0v) is 14.8. The average Bonchev–Trinajstić information content (AvgIpc) is 2.63. The largest absolute Gasteiger partial charge is 0.334 e. The van der Waals surface area contributed by atoms with E-state index in [9.17, 15) is 14.4 Å². The van der Waals surface area contributed by atoms with E-state index in [2.05, 4.69) is 5.43 Å². The number of piperidine rings is 1. The molecule has 1 aromatic carbocycles. The number of halogens is 1. The Labute approximate surface area is 152 Å². The molecular formula is C17H23ClN4O3. The fraction of sp³-hybridized carbons (Fsp3) is 0.471. The second-order valence-electron chi connectivity index (χ2n) is 6.19. The Morgan fingerprint density at radius 1 is 1.16 bits per heavy atom. The summed E-state index contributed by atoms with van der Waals surface area (Å²) in [6.07, 6.45) is 3.43. The highest BCUT2D eigenvalue weighted by molar-refractivity contribution is 6.01. The van der Waals surface area contributed by atoms with E-state index < -0.39 is 0 Å². The predicted molar refractivity (Wildman–Crippen MR) is 96.3 cm³/mol. The van der Waals surface area contributed by atoms with E-state index in [1.165, 1.54) is 5.01 Å². The van der Waals surface area contributed by atoms with Gasteiger partial charge >= 0.3 is 0 Å². The SMILES string of the molecule is Cl.NCC1CCCCN1C(=O)c1ccc(N2NC(=O)CCC2=O)cc1. The summed E-state index contributed by atoms with van der Waals surface area (Å²) in [5.41, 5.74) is 9.44. The molecule has 0 aromatic heterocycles. The van der Waals surface area contributed by atoms with E-state index in [4.69, 9.17) is 5.73 Å². The van der Waals surface area contributed by atoms with E-state index in [1.807, 2.05) is 4.90 Å². The number of benzene rings is 1. The molecule has 0 spiro atoms. The molecule has 3 rings (SSSR count). The van der Waals surface area contributed by atoms with Crippen LogP contribution in [0.3, 0.4) is 0 Å². The average molecular weight is 367 g/mol. The Bertz CT molecular complexity index is 650. The fourth-order valence-electron chi connectivity index (χ4n) is 3.22. The Kier molecular flexibility index (Phi) is 6.39. The number of carbonyl (C=O) groups is 3. The third kappa shape index (κ3) is 4.11. The van der Waals surface area contributed by atoms with Gasteiger partial charge in [-0.3, -0.25) is 19.8 Å². The van der Waals surface area contributed by atoms with E-state index in [1.54, 1.807) is 24.3 Å². The molecule has 25 heavy (non-hydrogen) atoms. The number of hydrazine groups is 1. The van der Waals surface area contributed by atoms with Crippen molar-refractivity contribution in [1.29, 1.82) is 0 Å². The van der Waals surface area contributed by atoms with Crippen molar-refractivity contribution in [2.45, 2.75) is 38.1 Å². The number of nitrogens with two attached hydrogens (primary N) is 1. The summed E-state index contributed by atoms with van der Waals surface area (Å²) in [7, 11) is 0. The maximum Gasteiger partial charge on any atom is 0.254 e. The van der Waals surface area contributed by atoms with Gasteiger partial charge in [0.25, 0.3) is 5.91 Å². The van der Waals surface area contributed by atoms with Gasteiger partial charge in [0.05, 0.1) is 5.69 Å². The van der Waals surface area contributed by atoms with Crippen LogP contribution in [-0.2, 0) is 9.59 Å². The summed E-state index contributed by atoms with van der Waals surface area (Å²) in [4.78, 5) is 37.9. The standard InChI is InChI=1S/C17H22N4O3.ClH/c18-11-14-3-1-2-10-20(14)17(24)12-4-6-13(7-5-12)21-16(23)9-8-15(22)19-21;/h4-7,14H,1-3,8-11,18H2,(H,19,22);1H. The number of carbonyl (C=O) groups excluding carboxylic acids is 3. The van der Waals surface area contributed by atoms with Crippen molar-refractivity contribution < 1.29 is 14.4 Å². The smallest absolute Gasteiger partial charge is 0.254 e. The number of hydrogen-bond acceptors (Lipinski definition) is 4. The van der Waals surface area contributed by atoms with Crippen LogP contribution < -0.4 is 16.2 Å². The molecule has 2 heterocycles. The van der Waals surface area contributed by atoms with Gasteiger partial charge in [-0.2, -0.15) is 0 Å². The molecule has 1 aromatic rings. The van der Waals surface area contributed by atoms with Gasteiger partial charge in [0.2, 0.25) is 11.8 Å².